The van der Waals surface area contributed by atoms with E-state index in [0.717, 1.165) is 33.4 Å². The molecule has 1 aliphatic rings. The van der Waals surface area contributed by atoms with Gasteiger partial charge in [-0.1, -0.05) is 121 Å². The normalized spacial score (nSPS) is 13.4. The predicted octanol–water partition coefficient (Wildman–Crippen LogP) is 7.29. The van der Waals surface area contributed by atoms with Crippen molar-refractivity contribution in [1.82, 2.24) is 21.3 Å². The lowest BCUT2D eigenvalue weighted by Crippen LogP contribution is -2.46. The van der Waals surface area contributed by atoms with Crippen molar-refractivity contribution >= 4 is 30.0 Å². The molecule has 13 heteroatoms. The Hall–Kier alpha value is -6.73. The second kappa shape index (κ2) is 26.0. The second-order valence-electron chi connectivity index (χ2n) is 15.8. The molecule has 1 aliphatic carbocycles. The van der Waals surface area contributed by atoms with E-state index in [1.807, 2.05) is 109 Å². The van der Waals surface area contributed by atoms with Crippen molar-refractivity contribution in [2.45, 2.75) is 82.0 Å². The third kappa shape index (κ3) is 15.3. The zero-order valence-electron chi connectivity index (χ0n) is 36.3. The highest BCUT2D eigenvalue weighted by Gasteiger charge is 2.31. The smallest absolute Gasteiger partial charge is 0.407 e. The maximum Gasteiger partial charge on any atom is 0.407 e. The number of unbranched alkanes of at least 4 members (excludes halogenated alkanes) is 1. The number of alkyl carbamates (subject to hydrolysis) is 2. The quantitative estimate of drug-likeness (QED) is 0.0187. The Balaban J connectivity index is 1.18. The summed E-state index contributed by atoms with van der Waals surface area (Å²) in [6.45, 7) is 7.53. The van der Waals surface area contributed by atoms with Crippen LogP contribution in [0.5, 0.6) is 0 Å². The summed E-state index contributed by atoms with van der Waals surface area (Å²) in [4.78, 5) is 66.2. The van der Waals surface area contributed by atoms with Crippen LogP contribution < -0.4 is 21.3 Å². The minimum atomic E-state index is -1.07. The standard InChI is InChI=1S/C51H60N4O9/c1-3-5-28-46(55-51(61)64-35-45-43-26-14-12-24-41(43)42-25-13-15-27-44(42)45)49(59)62-34-39(23-16-17-29-52-50(60)63-33-37-21-10-7-11-22-37)54-48(58)38(18-4-2)31-47(57)53-40(32-56)30-36-19-8-6-9-20-36/h3-4,6-15,19-22,24-27,38-40,45-46,56H,1-2,5,16-18,23,28-35H2,(H,52,60)(H,53,57)(H,54,58)(H,55,61)/t38-,39-,40-,46-/m0/s1. The number of rotatable bonds is 26. The van der Waals surface area contributed by atoms with Crippen molar-refractivity contribution < 1.29 is 43.3 Å². The van der Waals surface area contributed by atoms with E-state index in [4.69, 9.17) is 14.2 Å². The molecular formula is C51H60N4O9. The molecule has 0 aromatic heterocycles. The maximum atomic E-state index is 13.8. The molecule has 5 rings (SSSR count). The molecule has 4 aromatic rings. The monoisotopic (exact) mass is 872 g/mol. The summed E-state index contributed by atoms with van der Waals surface area (Å²) in [6, 6.07) is 32.5. The van der Waals surface area contributed by atoms with E-state index >= 15 is 0 Å². The van der Waals surface area contributed by atoms with Gasteiger partial charge in [0.1, 0.15) is 25.9 Å². The van der Waals surface area contributed by atoms with Gasteiger partial charge in [-0.15, -0.1) is 13.2 Å². The SMILES string of the molecule is C=CCC[C@H](NC(=O)OCC1c2ccccc2-c2ccccc21)C(=O)OC[C@H](CCCCNC(=O)OCc1ccccc1)NC(=O)[C@@H](CC=C)CC(=O)N[C@H](CO)Cc1ccccc1. The van der Waals surface area contributed by atoms with Gasteiger partial charge in [0.25, 0.3) is 0 Å². The Labute approximate surface area is 375 Å². The molecule has 0 saturated heterocycles. The van der Waals surface area contributed by atoms with Crippen LogP contribution in [-0.2, 0) is 41.6 Å². The summed E-state index contributed by atoms with van der Waals surface area (Å²) in [7, 11) is 0. The van der Waals surface area contributed by atoms with E-state index in [1.165, 1.54) is 0 Å². The average Bonchev–Trinajstić information content (AvgIpc) is 3.63. The van der Waals surface area contributed by atoms with Crippen molar-refractivity contribution in [3.63, 3.8) is 0 Å². The van der Waals surface area contributed by atoms with E-state index in [0.29, 0.717) is 38.6 Å². The third-order valence-electron chi connectivity index (χ3n) is 11.0. The molecule has 0 fully saturated rings. The average molecular weight is 873 g/mol. The first-order valence-electron chi connectivity index (χ1n) is 21.9. The molecule has 4 aromatic carbocycles. The number of allylic oxidation sites excluding steroid dienone is 2. The molecule has 0 unspecified atom stereocenters. The molecule has 0 heterocycles. The molecule has 0 aliphatic heterocycles. The van der Waals surface area contributed by atoms with E-state index in [2.05, 4.69) is 34.4 Å². The molecule has 64 heavy (non-hydrogen) atoms. The van der Waals surface area contributed by atoms with Crippen LogP contribution in [0.15, 0.2) is 135 Å². The Kier molecular flexibility index (Phi) is 19.6. The van der Waals surface area contributed by atoms with Crippen LogP contribution in [0.1, 0.15) is 73.1 Å². The number of hydrogen-bond acceptors (Lipinski definition) is 9. The summed E-state index contributed by atoms with van der Waals surface area (Å²) in [5.74, 6) is -2.54. The number of amides is 4. The van der Waals surface area contributed by atoms with Crippen molar-refractivity contribution in [2.24, 2.45) is 5.92 Å². The van der Waals surface area contributed by atoms with Crippen LogP contribution in [0.2, 0.25) is 0 Å². The zero-order chi connectivity index (χ0) is 45.5. The number of fused-ring (bicyclic) bond motifs is 3. The number of aliphatic hydroxyl groups excluding tert-OH is 1. The lowest BCUT2D eigenvalue weighted by atomic mass is 9.98. The van der Waals surface area contributed by atoms with E-state index in [9.17, 15) is 29.1 Å². The number of benzene rings is 4. The fraction of sp³-hybridized carbons (Fsp3) is 0.353. The summed E-state index contributed by atoms with van der Waals surface area (Å²) in [5.41, 5.74) is 6.09. The van der Waals surface area contributed by atoms with Crippen LogP contribution in [0.25, 0.3) is 11.1 Å². The van der Waals surface area contributed by atoms with Gasteiger partial charge in [-0.05, 0) is 78.3 Å². The summed E-state index contributed by atoms with van der Waals surface area (Å²) in [5, 5.41) is 21.2. The molecule has 338 valence electrons. The van der Waals surface area contributed by atoms with Crippen molar-refractivity contribution in [1.29, 1.82) is 0 Å². The van der Waals surface area contributed by atoms with Crippen LogP contribution in [0, 0.1) is 5.92 Å². The van der Waals surface area contributed by atoms with Gasteiger partial charge in [-0.3, -0.25) is 9.59 Å². The Morgan fingerprint density at radius 1 is 0.672 bits per heavy atom. The summed E-state index contributed by atoms with van der Waals surface area (Å²) in [6.07, 6.45) is 4.29. The Morgan fingerprint density at radius 3 is 1.95 bits per heavy atom. The lowest BCUT2D eigenvalue weighted by molar-refractivity contribution is -0.147. The highest BCUT2D eigenvalue weighted by Crippen LogP contribution is 2.44. The molecule has 0 saturated carbocycles. The highest BCUT2D eigenvalue weighted by atomic mass is 16.6. The number of hydrogen-bond donors (Lipinski definition) is 5. The van der Waals surface area contributed by atoms with Gasteiger partial charge in [-0.25, -0.2) is 14.4 Å². The van der Waals surface area contributed by atoms with Crippen molar-refractivity contribution in [3.8, 4) is 11.1 Å². The number of esters is 1. The summed E-state index contributed by atoms with van der Waals surface area (Å²) >= 11 is 0. The number of carbonyl (C=O) groups is 5. The first-order chi connectivity index (χ1) is 31.2. The molecule has 4 amide bonds. The van der Waals surface area contributed by atoms with Gasteiger partial charge in [0.2, 0.25) is 11.8 Å². The fourth-order valence-corrected chi connectivity index (χ4v) is 7.65. The minimum absolute atomic E-state index is 0.0639. The van der Waals surface area contributed by atoms with Crippen LogP contribution in [0.3, 0.4) is 0 Å². The molecule has 4 atom stereocenters. The topological polar surface area (TPSA) is 181 Å². The Bertz CT molecular complexity index is 2100. The predicted molar refractivity (Wildman–Crippen MR) is 245 cm³/mol. The number of aliphatic hydroxyl groups is 1. The third-order valence-corrected chi connectivity index (χ3v) is 11.0. The zero-order valence-corrected chi connectivity index (χ0v) is 36.3. The fourth-order valence-electron chi connectivity index (χ4n) is 7.65. The van der Waals surface area contributed by atoms with E-state index < -0.39 is 54.0 Å². The molecule has 0 radical (unpaired) electrons. The van der Waals surface area contributed by atoms with Gasteiger partial charge in [0, 0.05) is 18.9 Å². The minimum Gasteiger partial charge on any atom is -0.462 e. The first kappa shape index (κ1) is 48.3. The molecule has 5 N–H and O–H groups in total. The molecular weight excluding hydrogens is 813 g/mol. The van der Waals surface area contributed by atoms with Crippen molar-refractivity contribution in [3.05, 3.63) is 157 Å². The number of ether oxygens (including phenoxy) is 3. The van der Waals surface area contributed by atoms with Crippen LogP contribution >= 0.6 is 0 Å². The Morgan fingerprint density at radius 2 is 1.31 bits per heavy atom. The first-order valence-corrected chi connectivity index (χ1v) is 21.9. The van der Waals surface area contributed by atoms with Crippen LogP contribution in [0.4, 0.5) is 9.59 Å². The van der Waals surface area contributed by atoms with Gasteiger partial charge in [0.05, 0.1) is 24.6 Å². The van der Waals surface area contributed by atoms with Crippen molar-refractivity contribution in [2.75, 3.05) is 26.4 Å². The number of nitrogens with one attached hydrogen (secondary N) is 4. The summed E-state index contributed by atoms with van der Waals surface area (Å²) < 4.78 is 16.8. The van der Waals surface area contributed by atoms with Crippen LogP contribution in [-0.4, -0.2) is 79.6 Å². The van der Waals surface area contributed by atoms with E-state index in [1.54, 1.807) is 12.2 Å². The number of carbonyl (C=O) groups excluding carboxylic acids is 5. The molecule has 0 bridgehead atoms. The highest BCUT2D eigenvalue weighted by molar-refractivity contribution is 5.86. The molecule has 13 nitrogen and oxygen atoms in total. The maximum absolute atomic E-state index is 13.8. The van der Waals surface area contributed by atoms with Gasteiger partial charge in [0.15, 0.2) is 0 Å². The van der Waals surface area contributed by atoms with Gasteiger partial charge >= 0.3 is 18.2 Å². The molecule has 0 spiro atoms. The van der Waals surface area contributed by atoms with Gasteiger partial charge in [-0.2, -0.15) is 0 Å². The van der Waals surface area contributed by atoms with E-state index in [-0.39, 0.29) is 51.6 Å². The largest absolute Gasteiger partial charge is 0.462 e. The van der Waals surface area contributed by atoms with Gasteiger partial charge < -0.3 is 40.6 Å². The lowest BCUT2D eigenvalue weighted by Gasteiger charge is -2.24. The second-order valence-corrected chi connectivity index (χ2v) is 15.8.